The monoisotopic (exact) mass is 200 g/mol. The smallest absolute Gasteiger partial charge is 0.166 e. The summed E-state index contributed by atoms with van der Waals surface area (Å²) in [6.07, 6.45) is 3.40. The van der Waals surface area contributed by atoms with Gasteiger partial charge in [0, 0.05) is 0 Å². The molecule has 0 rings (SSSR count). The maximum atomic E-state index is 7.84. The van der Waals surface area contributed by atoms with Crippen LogP contribution in [0.25, 0.3) is 0 Å². The summed E-state index contributed by atoms with van der Waals surface area (Å²) in [7, 11) is 0. The van der Waals surface area contributed by atoms with Gasteiger partial charge in [0.2, 0.25) is 0 Å². The van der Waals surface area contributed by atoms with Crippen molar-refractivity contribution in [2.24, 2.45) is 0 Å². The summed E-state index contributed by atoms with van der Waals surface area (Å²) in [6, 6.07) is 3.32. The molecule has 0 bridgehead atoms. The van der Waals surface area contributed by atoms with Gasteiger partial charge in [-0.25, -0.2) is 0 Å². The molecule has 0 aromatic carbocycles. The largest absolute Gasteiger partial charge is 0.284 e. The molecule has 0 heterocycles. The van der Waals surface area contributed by atoms with Gasteiger partial charge in [0.25, 0.3) is 0 Å². The molecule has 0 atom stereocenters. The average molecular weight is 200 g/mol. The Morgan fingerprint density at radius 2 is 1.25 bits per heavy atom. The summed E-state index contributed by atoms with van der Waals surface area (Å²) < 4.78 is 0. The third-order valence-corrected chi connectivity index (χ3v) is 1.61. The SMILES string of the molecule is CSC(=N)C#N.CSC(=N)C#N. The lowest BCUT2D eigenvalue weighted by Gasteiger charge is -1.73. The van der Waals surface area contributed by atoms with Gasteiger partial charge < -0.3 is 0 Å². The van der Waals surface area contributed by atoms with E-state index in [-0.39, 0.29) is 10.1 Å². The summed E-state index contributed by atoms with van der Waals surface area (Å²) in [4.78, 5) is 0. The Kier molecular flexibility index (Phi) is 11.4. The Bertz CT molecular complexity index is 209. The van der Waals surface area contributed by atoms with Gasteiger partial charge in [-0.1, -0.05) is 23.5 Å². The first kappa shape index (κ1) is 13.6. The van der Waals surface area contributed by atoms with E-state index in [0.717, 1.165) is 23.5 Å². The lowest BCUT2D eigenvalue weighted by molar-refractivity contribution is 1.51. The normalized spacial score (nSPS) is 6.67. The minimum atomic E-state index is 0.0648. The lowest BCUT2D eigenvalue weighted by Crippen LogP contribution is -1.75. The second-order valence-corrected chi connectivity index (χ2v) is 2.92. The van der Waals surface area contributed by atoms with Gasteiger partial charge in [-0.05, 0) is 12.5 Å². The van der Waals surface area contributed by atoms with Crippen molar-refractivity contribution in [3.63, 3.8) is 0 Å². The summed E-state index contributed by atoms with van der Waals surface area (Å²) in [5.41, 5.74) is 0. The highest BCUT2D eigenvalue weighted by molar-refractivity contribution is 8.14. The number of rotatable bonds is 0. The minimum absolute atomic E-state index is 0.0648. The second-order valence-electron chi connectivity index (χ2n) is 1.29. The third kappa shape index (κ3) is 11.8. The van der Waals surface area contributed by atoms with Crippen LogP contribution in [0.3, 0.4) is 0 Å². The van der Waals surface area contributed by atoms with Crippen molar-refractivity contribution in [2.45, 2.75) is 0 Å². The van der Waals surface area contributed by atoms with Crippen molar-refractivity contribution in [3.8, 4) is 12.1 Å². The molecule has 6 heteroatoms. The highest BCUT2D eigenvalue weighted by atomic mass is 32.2. The molecule has 0 amide bonds. The van der Waals surface area contributed by atoms with E-state index < -0.39 is 0 Å². The van der Waals surface area contributed by atoms with Crippen molar-refractivity contribution in [2.75, 3.05) is 12.5 Å². The van der Waals surface area contributed by atoms with Gasteiger partial charge in [-0.2, -0.15) is 10.5 Å². The number of thioether (sulfide) groups is 2. The predicted molar refractivity (Wildman–Crippen MR) is 53.7 cm³/mol. The Balaban J connectivity index is 0. The van der Waals surface area contributed by atoms with Gasteiger partial charge in [-0.15, -0.1) is 0 Å². The molecule has 12 heavy (non-hydrogen) atoms. The Morgan fingerprint density at radius 1 is 1.00 bits per heavy atom. The van der Waals surface area contributed by atoms with Crippen LogP contribution in [-0.2, 0) is 0 Å². The molecule has 0 saturated carbocycles. The first-order chi connectivity index (χ1) is 5.62. The van der Waals surface area contributed by atoms with Gasteiger partial charge in [0.15, 0.2) is 10.1 Å². The second kappa shape index (κ2) is 10.0. The summed E-state index contributed by atoms with van der Waals surface area (Å²) in [5, 5.41) is 29.0. The maximum Gasteiger partial charge on any atom is 0.166 e. The van der Waals surface area contributed by atoms with Gasteiger partial charge in [0.05, 0.1) is 0 Å². The summed E-state index contributed by atoms with van der Waals surface area (Å²) in [6.45, 7) is 0. The number of nitrogens with zero attached hydrogens (tertiary/aromatic N) is 2. The zero-order valence-electron chi connectivity index (χ0n) is 6.71. The molecule has 64 valence electrons. The quantitative estimate of drug-likeness (QED) is 0.459. The maximum absolute atomic E-state index is 7.84. The highest BCUT2D eigenvalue weighted by Crippen LogP contribution is 1.90. The first-order valence-corrected chi connectivity index (χ1v) is 5.12. The van der Waals surface area contributed by atoms with Crippen LogP contribution in [-0.4, -0.2) is 22.6 Å². The number of hydrogen-bond donors (Lipinski definition) is 2. The fourth-order valence-corrected chi connectivity index (χ4v) is 0.274. The minimum Gasteiger partial charge on any atom is -0.284 e. The van der Waals surface area contributed by atoms with E-state index in [0.29, 0.717) is 0 Å². The first-order valence-electron chi connectivity index (χ1n) is 2.67. The Hall–Kier alpha value is -0.980. The Morgan fingerprint density at radius 3 is 1.25 bits per heavy atom. The molecule has 2 N–H and O–H groups in total. The van der Waals surface area contributed by atoms with Crippen LogP contribution in [0.2, 0.25) is 0 Å². The van der Waals surface area contributed by atoms with E-state index in [1.54, 1.807) is 24.6 Å². The van der Waals surface area contributed by atoms with Crippen molar-refractivity contribution in [3.05, 3.63) is 0 Å². The van der Waals surface area contributed by atoms with Crippen LogP contribution in [0, 0.1) is 33.5 Å². The summed E-state index contributed by atoms with van der Waals surface area (Å²) in [5.74, 6) is 0. The zero-order chi connectivity index (χ0) is 9.98. The molecule has 4 nitrogen and oxygen atoms in total. The molecule has 0 aromatic heterocycles. The molecule has 0 aliphatic heterocycles. The molecule has 0 fully saturated rings. The van der Waals surface area contributed by atoms with E-state index >= 15 is 0 Å². The topological polar surface area (TPSA) is 95.3 Å². The van der Waals surface area contributed by atoms with Crippen LogP contribution in [0.1, 0.15) is 0 Å². The molecule has 0 aliphatic rings. The molecule has 0 aromatic rings. The standard InChI is InChI=1S/2C3H4N2S/c2*1-6-3(5)2-4/h2*5H,1H3. The van der Waals surface area contributed by atoms with Crippen molar-refractivity contribution < 1.29 is 0 Å². The van der Waals surface area contributed by atoms with Crippen molar-refractivity contribution >= 4 is 33.6 Å². The van der Waals surface area contributed by atoms with Crippen LogP contribution in [0.15, 0.2) is 0 Å². The third-order valence-electron chi connectivity index (χ3n) is 0.611. The molecule has 0 saturated heterocycles. The van der Waals surface area contributed by atoms with E-state index in [9.17, 15) is 0 Å². The molecule has 0 aliphatic carbocycles. The summed E-state index contributed by atoms with van der Waals surface area (Å²) >= 11 is 2.29. The molecule has 0 spiro atoms. The molecular weight excluding hydrogens is 192 g/mol. The number of nitriles is 2. The van der Waals surface area contributed by atoms with E-state index in [1.807, 2.05) is 0 Å². The van der Waals surface area contributed by atoms with Crippen LogP contribution in [0.4, 0.5) is 0 Å². The van der Waals surface area contributed by atoms with Crippen LogP contribution < -0.4 is 0 Å². The fourth-order valence-electron chi connectivity index (χ4n) is 0.0913. The van der Waals surface area contributed by atoms with Crippen molar-refractivity contribution in [1.29, 1.82) is 21.3 Å². The molecule has 0 unspecified atom stereocenters. The van der Waals surface area contributed by atoms with Gasteiger partial charge in [0.1, 0.15) is 12.1 Å². The van der Waals surface area contributed by atoms with Crippen LogP contribution >= 0.6 is 23.5 Å². The number of nitrogens with one attached hydrogen (secondary N) is 2. The van der Waals surface area contributed by atoms with Gasteiger partial charge >= 0.3 is 0 Å². The Labute approximate surface area is 80.0 Å². The number of hydrogen-bond acceptors (Lipinski definition) is 6. The zero-order valence-corrected chi connectivity index (χ0v) is 8.34. The van der Waals surface area contributed by atoms with E-state index in [4.69, 9.17) is 21.3 Å². The van der Waals surface area contributed by atoms with Crippen LogP contribution in [0.5, 0.6) is 0 Å². The average Bonchev–Trinajstić information content (AvgIpc) is 2.16. The van der Waals surface area contributed by atoms with E-state index in [1.165, 1.54) is 0 Å². The lowest BCUT2D eigenvalue weighted by atomic mass is 10.9. The van der Waals surface area contributed by atoms with Gasteiger partial charge in [-0.3, -0.25) is 10.8 Å². The molecule has 0 radical (unpaired) electrons. The predicted octanol–water partition coefficient (Wildman–Crippen LogP) is 1.70. The van der Waals surface area contributed by atoms with Crippen molar-refractivity contribution in [1.82, 2.24) is 0 Å². The highest BCUT2D eigenvalue weighted by Gasteiger charge is 1.81. The fraction of sp³-hybridized carbons (Fsp3) is 0.333. The molecular formula is C6H8N4S2. The van der Waals surface area contributed by atoms with E-state index in [2.05, 4.69) is 0 Å².